The molecule has 0 saturated carbocycles. The molecule has 3 rings (SSSR count). The van der Waals surface area contributed by atoms with Crippen LogP contribution in [0.3, 0.4) is 0 Å². The molecule has 0 amide bonds. The maximum absolute atomic E-state index is 11.1. The number of nitriles is 1. The second kappa shape index (κ2) is 7.11. The first kappa shape index (κ1) is 17.2. The van der Waals surface area contributed by atoms with Crippen LogP contribution in [0.15, 0.2) is 55.0 Å². The first-order valence-corrected chi connectivity index (χ1v) is 8.07. The van der Waals surface area contributed by atoms with Gasteiger partial charge in [0, 0.05) is 24.2 Å². The van der Waals surface area contributed by atoms with E-state index in [4.69, 9.17) is 9.84 Å². The molecule has 0 aliphatic rings. The summed E-state index contributed by atoms with van der Waals surface area (Å²) >= 11 is 0. The minimum Gasteiger partial charge on any atom is -0.491 e. The number of benzene rings is 1. The Hall–Kier alpha value is -3.59. The van der Waals surface area contributed by atoms with Gasteiger partial charge < -0.3 is 14.4 Å². The molecule has 0 atom stereocenters. The van der Waals surface area contributed by atoms with Gasteiger partial charge in [0.05, 0.1) is 17.2 Å². The van der Waals surface area contributed by atoms with Crippen LogP contribution in [0.5, 0.6) is 5.75 Å². The predicted octanol–water partition coefficient (Wildman–Crippen LogP) is 3.90. The number of pyridine rings is 1. The third-order valence-corrected chi connectivity index (χ3v) is 3.74. The normalized spacial score (nSPS) is 10.5. The summed E-state index contributed by atoms with van der Waals surface area (Å²) in [5.41, 5.74) is 2.22. The van der Waals surface area contributed by atoms with Crippen LogP contribution in [0, 0.1) is 11.3 Å². The molecule has 1 aromatic carbocycles. The Balaban J connectivity index is 1.98. The van der Waals surface area contributed by atoms with Crippen molar-refractivity contribution < 1.29 is 14.6 Å². The number of nitrogens with zero attached hydrogens (tertiary/aromatic N) is 3. The van der Waals surface area contributed by atoms with Gasteiger partial charge in [-0.3, -0.25) is 0 Å². The van der Waals surface area contributed by atoms with E-state index in [1.165, 1.54) is 18.3 Å². The van der Waals surface area contributed by atoms with Crippen LogP contribution in [0.2, 0.25) is 0 Å². The molecular weight excluding hydrogens is 330 g/mol. The number of aromatic nitrogens is 2. The zero-order valence-corrected chi connectivity index (χ0v) is 14.4. The van der Waals surface area contributed by atoms with E-state index in [9.17, 15) is 10.1 Å². The molecule has 6 heteroatoms. The first-order valence-electron chi connectivity index (χ1n) is 8.07. The van der Waals surface area contributed by atoms with Crippen LogP contribution in [-0.4, -0.2) is 26.7 Å². The maximum atomic E-state index is 11.1. The molecule has 6 nitrogen and oxygen atoms in total. The molecule has 130 valence electrons. The van der Waals surface area contributed by atoms with Crippen LogP contribution in [-0.2, 0) is 0 Å². The van der Waals surface area contributed by atoms with E-state index in [-0.39, 0.29) is 11.7 Å². The Kier molecular flexibility index (Phi) is 4.72. The summed E-state index contributed by atoms with van der Waals surface area (Å²) in [7, 11) is 0. The summed E-state index contributed by atoms with van der Waals surface area (Å²) in [6.07, 6.45) is 4.93. The van der Waals surface area contributed by atoms with Crippen LogP contribution in [0.25, 0.3) is 16.9 Å². The number of hydrogen-bond donors (Lipinski definition) is 1. The molecular formula is C20H17N3O3. The van der Waals surface area contributed by atoms with Crippen molar-refractivity contribution in [3.8, 4) is 28.8 Å². The lowest BCUT2D eigenvalue weighted by Gasteiger charge is -2.09. The van der Waals surface area contributed by atoms with Gasteiger partial charge in [-0.25, -0.2) is 9.78 Å². The van der Waals surface area contributed by atoms with Gasteiger partial charge in [0.25, 0.3) is 0 Å². The van der Waals surface area contributed by atoms with Crippen molar-refractivity contribution in [1.29, 1.82) is 5.26 Å². The van der Waals surface area contributed by atoms with E-state index < -0.39 is 5.97 Å². The fraction of sp³-hybridized carbons (Fsp3) is 0.150. The lowest BCUT2D eigenvalue weighted by molar-refractivity contribution is 0.0696. The molecule has 2 aromatic heterocycles. The molecule has 3 aromatic rings. The maximum Gasteiger partial charge on any atom is 0.335 e. The van der Waals surface area contributed by atoms with Gasteiger partial charge in [-0.15, -0.1) is 0 Å². The lowest BCUT2D eigenvalue weighted by atomic mass is 10.1. The smallest absolute Gasteiger partial charge is 0.335 e. The highest BCUT2D eigenvalue weighted by Gasteiger charge is 2.12. The van der Waals surface area contributed by atoms with Crippen molar-refractivity contribution in [2.45, 2.75) is 20.0 Å². The average molecular weight is 347 g/mol. The van der Waals surface area contributed by atoms with Gasteiger partial charge in [0.2, 0.25) is 0 Å². The number of hydrogen-bond acceptors (Lipinski definition) is 4. The van der Waals surface area contributed by atoms with E-state index in [2.05, 4.69) is 11.1 Å². The van der Waals surface area contributed by atoms with Crippen LogP contribution in [0.4, 0.5) is 0 Å². The Morgan fingerprint density at radius 2 is 1.96 bits per heavy atom. The zero-order valence-electron chi connectivity index (χ0n) is 14.4. The lowest BCUT2D eigenvalue weighted by Crippen LogP contribution is -2.05. The third-order valence-electron chi connectivity index (χ3n) is 3.74. The summed E-state index contributed by atoms with van der Waals surface area (Å²) in [5.74, 6) is 0.173. The minimum absolute atomic E-state index is 0.0872. The molecule has 26 heavy (non-hydrogen) atoms. The van der Waals surface area contributed by atoms with Gasteiger partial charge in [0.15, 0.2) is 0 Å². The van der Waals surface area contributed by atoms with Crippen molar-refractivity contribution in [3.63, 3.8) is 0 Å². The molecule has 0 unspecified atom stereocenters. The molecule has 0 spiro atoms. The number of aromatic carboxylic acids is 1. The van der Waals surface area contributed by atoms with Gasteiger partial charge in [0.1, 0.15) is 17.6 Å². The monoisotopic (exact) mass is 347 g/mol. The first-order chi connectivity index (χ1) is 12.5. The zero-order chi connectivity index (χ0) is 18.7. The number of ether oxygens (including phenoxy) is 1. The molecule has 1 N–H and O–H groups in total. The van der Waals surface area contributed by atoms with Crippen molar-refractivity contribution in [1.82, 2.24) is 9.55 Å². The van der Waals surface area contributed by atoms with Gasteiger partial charge in [-0.2, -0.15) is 5.26 Å². The summed E-state index contributed by atoms with van der Waals surface area (Å²) in [5, 5.41) is 18.6. The SMILES string of the molecule is CC(C)Oc1ccc(-c2cn(-c3cc(C(=O)O)ccn3)cc2C#N)cc1. The minimum atomic E-state index is -1.03. The Bertz CT molecular complexity index is 982. The van der Waals surface area contributed by atoms with Crippen molar-refractivity contribution in [2.24, 2.45) is 0 Å². The molecule has 0 fully saturated rings. The van der Waals surface area contributed by atoms with Gasteiger partial charge >= 0.3 is 5.97 Å². The Labute approximate surface area is 150 Å². The second-order valence-corrected chi connectivity index (χ2v) is 6.00. The Morgan fingerprint density at radius 1 is 1.23 bits per heavy atom. The van der Waals surface area contributed by atoms with Crippen molar-refractivity contribution in [2.75, 3.05) is 0 Å². The highest BCUT2D eigenvalue weighted by Crippen LogP contribution is 2.28. The van der Waals surface area contributed by atoms with E-state index in [1.54, 1.807) is 17.0 Å². The average Bonchev–Trinajstić information content (AvgIpc) is 3.06. The standard InChI is InChI=1S/C20H17N3O3/c1-13(2)26-17-5-3-14(4-6-17)18-12-23(11-16(18)10-21)19-9-15(20(24)25)7-8-22-19/h3-9,11-13H,1-2H3,(H,24,25). The Morgan fingerprint density at radius 3 is 2.58 bits per heavy atom. The van der Waals surface area contributed by atoms with E-state index in [1.807, 2.05) is 38.1 Å². The molecule has 0 aliphatic heterocycles. The van der Waals surface area contributed by atoms with E-state index in [0.29, 0.717) is 11.4 Å². The predicted molar refractivity (Wildman–Crippen MR) is 96.4 cm³/mol. The highest BCUT2D eigenvalue weighted by atomic mass is 16.5. The third kappa shape index (κ3) is 3.57. The molecule has 0 radical (unpaired) electrons. The van der Waals surface area contributed by atoms with Crippen molar-refractivity contribution in [3.05, 3.63) is 66.1 Å². The van der Waals surface area contributed by atoms with Gasteiger partial charge in [-0.05, 0) is 43.7 Å². The summed E-state index contributed by atoms with van der Waals surface area (Å²) in [6, 6.07) is 12.6. The number of carboxylic acids is 1. The number of rotatable bonds is 5. The largest absolute Gasteiger partial charge is 0.491 e. The van der Waals surface area contributed by atoms with E-state index >= 15 is 0 Å². The fourth-order valence-corrected chi connectivity index (χ4v) is 2.58. The second-order valence-electron chi connectivity index (χ2n) is 6.00. The number of carbonyl (C=O) groups is 1. The number of carboxylic acid groups (broad SMARTS) is 1. The fourth-order valence-electron chi connectivity index (χ4n) is 2.58. The topological polar surface area (TPSA) is 88.1 Å². The van der Waals surface area contributed by atoms with Crippen LogP contribution in [0.1, 0.15) is 29.8 Å². The molecule has 2 heterocycles. The van der Waals surface area contributed by atoms with Crippen molar-refractivity contribution >= 4 is 5.97 Å². The highest BCUT2D eigenvalue weighted by molar-refractivity contribution is 5.88. The molecule has 0 bridgehead atoms. The van der Waals surface area contributed by atoms with Crippen LogP contribution < -0.4 is 4.74 Å². The summed E-state index contributed by atoms with van der Waals surface area (Å²) < 4.78 is 7.29. The summed E-state index contributed by atoms with van der Waals surface area (Å²) in [6.45, 7) is 3.92. The molecule has 0 saturated heterocycles. The van der Waals surface area contributed by atoms with Crippen LogP contribution >= 0.6 is 0 Å². The van der Waals surface area contributed by atoms with E-state index in [0.717, 1.165) is 16.9 Å². The molecule has 0 aliphatic carbocycles. The van der Waals surface area contributed by atoms with Gasteiger partial charge in [-0.1, -0.05) is 12.1 Å². The quantitative estimate of drug-likeness (QED) is 0.756. The summed E-state index contributed by atoms with van der Waals surface area (Å²) in [4.78, 5) is 15.3.